The molecule has 1 rings (SSSR count). The largest absolute Gasteiger partial charge is 0.618 e. The van der Waals surface area contributed by atoms with Crippen LogP contribution in [0.5, 0.6) is 0 Å². The van der Waals surface area contributed by atoms with Gasteiger partial charge >= 0.3 is 6.20 Å². The Morgan fingerprint density at radius 1 is 1.27 bits per heavy atom. The Hall–Kier alpha value is -0.570. The monoisotopic (exact) mass is 214 g/mol. The molecule has 0 fully saturated rings. The van der Waals surface area contributed by atoms with Crippen molar-refractivity contribution in [3.63, 3.8) is 0 Å². The second-order valence-corrected chi connectivity index (χ2v) is 3.35. The van der Waals surface area contributed by atoms with Crippen LogP contribution in [0.25, 0.3) is 0 Å². The molecule has 0 unspecified atom stereocenters. The number of aromatic nitrogens is 1. The molecule has 0 atom stereocenters. The minimum absolute atomic E-state index is 0.714. The highest BCUT2D eigenvalue weighted by Crippen LogP contribution is 2.17. The standard InChI is InChI=1S/C8H9BrNO/c1-5-6(2)8(9)4-10(11)7(5)3/h1-3H3. The fraction of sp³-hybridized carbons (Fsp3) is 0.375. The fourth-order valence-electron chi connectivity index (χ4n) is 0.845. The van der Waals surface area contributed by atoms with Crippen molar-refractivity contribution in [2.75, 3.05) is 0 Å². The zero-order chi connectivity index (χ0) is 8.59. The van der Waals surface area contributed by atoms with Crippen LogP contribution in [0.3, 0.4) is 0 Å². The van der Waals surface area contributed by atoms with E-state index >= 15 is 0 Å². The summed E-state index contributed by atoms with van der Waals surface area (Å²) in [6, 6.07) is 0. The van der Waals surface area contributed by atoms with E-state index in [1.165, 1.54) is 0 Å². The Kier molecular flexibility index (Phi) is 2.18. The third-order valence-corrected chi connectivity index (χ3v) is 2.71. The molecule has 1 heterocycles. The molecular formula is C8H9BrNO. The minimum Gasteiger partial charge on any atom is -0.618 e. The third kappa shape index (κ3) is 1.38. The van der Waals surface area contributed by atoms with Gasteiger partial charge in [0.2, 0.25) is 0 Å². The Balaban J connectivity index is 3.46. The maximum atomic E-state index is 11.0. The predicted molar refractivity (Wildman–Crippen MR) is 46.1 cm³/mol. The molecule has 0 N–H and O–H groups in total. The van der Waals surface area contributed by atoms with Crippen molar-refractivity contribution in [3.05, 3.63) is 32.7 Å². The van der Waals surface area contributed by atoms with E-state index in [0.717, 1.165) is 20.3 Å². The van der Waals surface area contributed by atoms with E-state index < -0.39 is 0 Å². The maximum absolute atomic E-state index is 11.0. The van der Waals surface area contributed by atoms with Crippen LogP contribution in [0.15, 0.2) is 4.47 Å². The van der Waals surface area contributed by atoms with Crippen LogP contribution in [0.1, 0.15) is 16.8 Å². The lowest BCUT2D eigenvalue weighted by molar-refractivity contribution is -0.617. The molecule has 0 aliphatic carbocycles. The van der Waals surface area contributed by atoms with Gasteiger partial charge in [0.05, 0.1) is 0 Å². The topological polar surface area (TPSA) is 26.9 Å². The van der Waals surface area contributed by atoms with Crippen LogP contribution in [0.2, 0.25) is 0 Å². The first kappa shape index (κ1) is 8.53. The van der Waals surface area contributed by atoms with Crippen molar-refractivity contribution in [2.45, 2.75) is 20.8 Å². The number of hydrogen-bond acceptors (Lipinski definition) is 1. The number of hydrogen-bond donors (Lipinski definition) is 0. The van der Waals surface area contributed by atoms with Gasteiger partial charge in [-0.05, 0) is 35.3 Å². The predicted octanol–water partition coefficient (Wildman–Crippen LogP) is 1.81. The van der Waals surface area contributed by atoms with Crippen LogP contribution >= 0.6 is 15.9 Å². The molecule has 0 saturated heterocycles. The van der Waals surface area contributed by atoms with Crippen molar-refractivity contribution in [3.8, 4) is 0 Å². The number of rotatable bonds is 0. The van der Waals surface area contributed by atoms with Gasteiger partial charge in [-0.1, -0.05) is 0 Å². The van der Waals surface area contributed by atoms with E-state index in [2.05, 4.69) is 22.1 Å². The van der Waals surface area contributed by atoms with E-state index in [0.29, 0.717) is 5.69 Å². The van der Waals surface area contributed by atoms with Crippen LogP contribution < -0.4 is 4.73 Å². The van der Waals surface area contributed by atoms with E-state index in [9.17, 15) is 5.21 Å². The summed E-state index contributed by atoms with van der Waals surface area (Å²) in [4.78, 5) is 0. The second-order valence-electron chi connectivity index (χ2n) is 2.56. The van der Waals surface area contributed by atoms with Gasteiger partial charge in [-0.2, -0.15) is 4.73 Å². The first-order chi connectivity index (χ1) is 5.04. The van der Waals surface area contributed by atoms with Gasteiger partial charge in [0.15, 0.2) is 5.69 Å². The van der Waals surface area contributed by atoms with Crippen LogP contribution in [0.4, 0.5) is 0 Å². The van der Waals surface area contributed by atoms with Gasteiger partial charge in [-0.15, -0.1) is 0 Å². The first-order valence-electron chi connectivity index (χ1n) is 3.32. The molecule has 1 radical (unpaired) electrons. The highest BCUT2D eigenvalue weighted by molar-refractivity contribution is 9.10. The van der Waals surface area contributed by atoms with Gasteiger partial charge in [0, 0.05) is 12.5 Å². The lowest BCUT2D eigenvalue weighted by Crippen LogP contribution is -2.31. The molecule has 0 spiro atoms. The molecule has 0 aliphatic rings. The SMILES string of the molecule is Cc1c(Br)[c][n+]([O-])c(C)c1C. The number of halogens is 1. The average Bonchev–Trinajstić information content (AvgIpc) is 1.97. The van der Waals surface area contributed by atoms with Crippen LogP contribution in [-0.2, 0) is 0 Å². The molecule has 1 aromatic rings. The average molecular weight is 215 g/mol. The van der Waals surface area contributed by atoms with E-state index in [4.69, 9.17) is 0 Å². The number of pyridine rings is 1. The number of nitrogens with zero attached hydrogens (tertiary/aromatic N) is 1. The summed E-state index contributed by atoms with van der Waals surface area (Å²) in [6.07, 6.45) is 2.63. The van der Waals surface area contributed by atoms with Crippen molar-refractivity contribution in [1.82, 2.24) is 0 Å². The molecule has 1 aromatic heterocycles. The molecule has 0 amide bonds. The van der Waals surface area contributed by atoms with E-state index in [1.54, 1.807) is 6.92 Å². The molecule has 0 bridgehead atoms. The van der Waals surface area contributed by atoms with Crippen molar-refractivity contribution >= 4 is 15.9 Å². The summed E-state index contributed by atoms with van der Waals surface area (Å²) in [6.45, 7) is 5.68. The van der Waals surface area contributed by atoms with Crippen molar-refractivity contribution in [1.29, 1.82) is 0 Å². The summed E-state index contributed by atoms with van der Waals surface area (Å²) in [7, 11) is 0. The van der Waals surface area contributed by atoms with Gasteiger partial charge in [-0.3, -0.25) is 0 Å². The maximum Gasteiger partial charge on any atom is 0.305 e. The molecule has 0 aliphatic heterocycles. The molecule has 0 saturated carbocycles. The Morgan fingerprint density at radius 2 is 1.82 bits per heavy atom. The zero-order valence-corrected chi connectivity index (χ0v) is 8.32. The Morgan fingerprint density at radius 3 is 2.36 bits per heavy atom. The first-order valence-corrected chi connectivity index (χ1v) is 4.11. The van der Waals surface area contributed by atoms with Gasteiger partial charge < -0.3 is 5.21 Å². The van der Waals surface area contributed by atoms with Crippen molar-refractivity contribution < 1.29 is 4.73 Å². The Bertz CT molecular complexity index is 270. The Labute approximate surface area is 74.6 Å². The van der Waals surface area contributed by atoms with Gasteiger partial charge in [0.1, 0.15) is 4.47 Å². The third-order valence-electron chi connectivity index (χ3n) is 1.94. The van der Waals surface area contributed by atoms with E-state index in [-0.39, 0.29) is 0 Å². The van der Waals surface area contributed by atoms with Crippen molar-refractivity contribution in [2.24, 2.45) is 0 Å². The second kappa shape index (κ2) is 2.81. The molecule has 3 heteroatoms. The summed E-state index contributed by atoms with van der Waals surface area (Å²) < 4.78 is 1.50. The summed E-state index contributed by atoms with van der Waals surface area (Å²) >= 11 is 3.25. The lowest BCUT2D eigenvalue weighted by Gasteiger charge is -2.05. The molecule has 11 heavy (non-hydrogen) atoms. The summed E-state index contributed by atoms with van der Waals surface area (Å²) in [5, 5.41) is 11.0. The molecular weight excluding hydrogens is 206 g/mol. The molecule has 59 valence electrons. The lowest BCUT2D eigenvalue weighted by atomic mass is 10.1. The van der Waals surface area contributed by atoms with Crippen LogP contribution in [-0.4, -0.2) is 0 Å². The minimum atomic E-state index is 0.714. The summed E-state index contributed by atoms with van der Waals surface area (Å²) in [5.41, 5.74) is 2.81. The molecule has 0 aromatic carbocycles. The van der Waals surface area contributed by atoms with Gasteiger partial charge in [0.25, 0.3) is 0 Å². The smallest absolute Gasteiger partial charge is 0.305 e. The van der Waals surface area contributed by atoms with E-state index in [1.807, 2.05) is 13.8 Å². The molecule has 2 nitrogen and oxygen atoms in total. The highest BCUT2D eigenvalue weighted by Gasteiger charge is 2.10. The fourth-order valence-corrected chi connectivity index (χ4v) is 1.30. The van der Waals surface area contributed by atoms with Gasteiger partial charge in [-0.25, -0.2) is 0 Å². The summed E-state index contributed by atoms with van der Waals surface area (Å²) in [5.74, 6) is 0. The zero-order valence-electron chi connectivity index (χ0n) is 6.73. The quantitative estimate of drug-likeness (QED) is 0.479. The highest BCUT2D eigenvalue weighted by atomic mass is 79.9. The normalized spacial score (nSPS) is 10.2. The van der Waals surface area contributed by atoms with Crippen LogP contribution in [0, 0.1) is 32.2 Å².